The van der Waals surface area contributed by atoms with Crippen LogP contribution in [0.4, 0.5) is 0 Å². The molecule has 1 aliphatic heterocycles. The molecule has 0 unspecified atom stereocenters. The Morgan fingerprint density at radius 3 is 3.05 bits per heavy atom. The Bertz CT molecular complexity index is 601. The van der Waals surface area contributed by atoms with Crippen molar-refractivity contribution in [2.75, 3.05) is 6.54 Å². The number of furan rings is 1. The van der Waals surface area contributed by atoms with E-state index >= 15 is 0 Å². The SMILES string of the molecule is Cc1oc(CN2CCn3cnnc3C2)cc1CNC(C)C. The van der Waals surface area contributed by atoms with E-state index in [1.165, 1.54) is 5.56 Å². The van der Waals surface area contributed by atoms with Crippen LogP contribution in [-0.2, 0) is 26.2 Å². The van der Waals surface area contributed by atoms with Crippen LogP contribution < -0.4 is 5.32 Å². The van der Waals surface area contributed by atoms with Crippen molar-refractivity contribution < 1.29 is 4.42 Å². The van der Waals surface area contributed by atoms with Gasteiger partial charge in [0.05, 0.1) is 13.1 Å². The average molecular weight is 289 g/mol. The molecule has 3 rings (SSSR count). The van der Waals surface area contributed by atoms with Crippen molar-refractivity contribution in [3.05, 3.63) is 35.3 Å². The van der Waals surface area contributed by atoms with Gasteiger partial charge in [0.2, 0.25) is 0 Å². The molecule has 6 heteroatoms. The molecule has 2 aromatic heterocycles. The molecule has 0 aromatic carbocycles. The fourth-order valence-electron chi connectivity index (χ4n) is 2.63. The van der Waals surface area contributed by atoms with Gasteiger partial charge in [0.25, 0.3) is 0 Å². The van der Waals surface area contributed by atoms with E-state index in [0.717, 1.165) is 50.1 Å². The minimum absolute atomic E-state index is 0.483. The summed E-state index contributed by atoms with van der Waals surface area (Å²) < 4.78 is 8.01. The van der Waals surface area contributed by atoms with E-state index in [1.54, 1.807) is 6.33 Å². The first-order chi connectivity index (χ1) is 10.1. The number of fused-ring (bicyclic) bond motifs is 1. The molecule has 114 valence electrons. The van der Waals surface area contributed by atoms with Gasteiger partial charge in [-0.2, -0.15) is 0 Å². The van der Waals surface area contributed by atoms with Crippen molar-refractivity contribution in [1.82, 2.24) is 25.0 Å². The Hall–Kier alpha value is -1.66. The summed E-state index contributed by atoms with van der Waals surface area (Å²) in [4.78, 5) is 2.35. The Balaban J connectivity index is 1.62. The second-order valence-electron chi connectivity index (χ2n) is 5.98. The lowest BCUT2D eigenvalue weighted by atomic mass is 10.2. The second kappa shape index (κ2) is 5.99. The van der Waals surface area contributed by atoms with Crippen molar-refractivity contribution in [2.24, 2.45) is 0 Å². The third-order valence-corrected chi connectivity index (χ3v) is 3.87. The topological polar surface area (TPSA) is 59.1 Å². The standard InChI is InChI=1S/C15H23N5O/c1-11(2)16-7-13-6-14(21-12(13)3)8-19-4-5-20-10-17-18-15(20)9-19/h6,10-11,16H,4-5,7-9H2,1-3H3. The summed E-state index contributed by atoms with van der Waals surface area (Å²) in [5.74, 6) is 3.07. The number of hydrogen-bond donors (Lipinski definition) is 1. The lowest BCUT2D eigenvalue weighted by Crippen LogP contribution is -2.33. The molecule has 0 fully saturated rings. The third-order valence-electron chi connectivity index (χ3n) is 3.87. The van der Waals surface area contributed by atoms with Crippen molar-refractivity contribution >= 4 is 0 Å². The first-order valence-electron chi connectivity index (χ1n) is 7.52. The highest BCUT2D eigenvalue weighted by atomic mass is 16.3. The Kier molecular flexibility index (Phi) is 4.07. The zero-order valence-electron chi connectivity index (χ0n) is 13.0. The van der Waals surface area contributed by atoms with E-state index in [9.17, 15) is 0 Å². The molecule has 0 spiro atoms. The maximum absolute atomic E-state index is 5.89. The van der Waals surface area contributed by atoms with Crippen LogP contribution >= 0.6 is 0 Å². The van der Waals surface area contributed by atoms with E-state index in [0.29, 0.717) is 6.04 Å². The van der Waals surface area contributed by atoms with Gasteiger partial charge in [-0.1, -0.05) is 13.8 Å². The average Bonchev–Trinajstić information content (AvgIpc) is 3.02. The van der Waals surface area contributed by atoms with Gasteiger partial charge in [-0.3, -0.25) is 4.90 Å². The monoisotopic (exact) mass is 289 g/mol. The van der Waals surface area contributed by atoms with Crippen LogP contribution in [0.1, 0.15) is 36.8 Å². The summed E-state index contributed by atoms with van der Waals surface area (Å²) in [7, 11) is 0. The number of aryl methyl sites for hydroxylation is 1. The van der Waals surface area contributed by atoms with Crippen molar-refractivity contribution in [3.8, 4) is 0 Å². The Morgan fingerprint density at radius 2 is 2.24 bits per heavy atom. The zero-order valence-corrected chi connectivity index (χ0v) is 13.0. The van der Waals surface area contributed by atoms with Crippen LogP contribution in [0.5, 0.6) is 0 Å². The van der Waals surface area contributed by atoms with Crippen LogP contribution in [0, 0.1) is 6.92 Å². The van der Waals surface area contributed by atoms with Gasteiger partial charge in [0, 0.05) is 31.2 Å². The Labute approximate surface area is 125 Å². The lowest BCUT2D eigenvalue weighted by molar-refractivity contribution is 0.193. The molecule has 0 saturated heterocycles. The maximum Gasteiger partial charge on any atom is 0.147 e. The molecule has 0 bridgehead atoms. The summed E-state index contributed by atoms with van der Waals surface area (Å²) in [6.45, 7) is 10.8. The first-order valence-corrected chi connectivity index (χ1v) is 7.52. The fourth-order valence-corrected chi connectivity index (χ4v) is 2.63. The van der Waals surface area contributed by atoms with Crippen molar-refractivity contribution in [3.63, 3.8) is 0 Å². The fraction of sp³-hybridized carbons (Fsp3) is 0.600. The molecule has 1 aliphatic rings. The third kappa shape index (κ3) is 3.33. The van der Waals surface area contributed by atoms with Crippen LogP contribution in [-0.4, -0.2) is 32.3 Å². The van der Waals surface area contributed by atoms with Gasteiger partial charge < -0.3 is 14.3 Å². The second-order valence-corrected chi connectivity index (χ2v) is 5.98. The molecule has 0 saturated carbocycles. The first kappa shape index (κ1) is 14.3. The molecular weight excluding hydrogens is 266 g/mol. The van der Waals surface area contributed by atoms with Crippen LogP contribution in [0.15, 0.2) is 16.8 Å². The van der Waals surface area contributed by atoms with E-state index in [1.807, 2.05) is 6.92 Å². The van der Waals surface area contributed by atoms with E-state index < -0.39 is 0 Å². The maximum atomic E-state index is 5.89. The van der Waals surface area contributed by atoms with Crippen LogP contribution in [0.3, 0.4) is 0 Å². The van der Waals surface area contributed by atoms with Gasteiger partial charge in [0.1, 0.15) is 23.7 Å². The smallest absolute Gasteiger partial charge is 0.147 e. The molecule has 2 aromatic rings. The van der Waals surface area contributed by atoms with Crippen LogP contribution in [0.2, 0.25) is 0 Å². The minimum atomic E-state index is 0.483. The van der Waals surface area contributed by atoms with Gasteiger partial charge in [-0.05, 0) is 13.0 Å². The van der Waals surface area contributed by atoms with Crippen LogP contribution in [0.25, 0.3) is 0 Å². The highest BCUT2D eigenvalue weighted by Gasteiger charge is 2.19. The van der Waals surface area contributed by atoms with Gasteiger partial charge >= 0.3 is 0 Å². The summed E-state index contributed by atoms with van der Waals surface area (Å²) in [6.07, 6.45) is 1.80. The van der Waals surface area contributed by atoms with E-state index in [4.69, 9.17) is 4.42 Å². The molecule has 3 heterocycles. The molecule has 0 atom stereocenters. The van der Waals surface area contributed by atoms with E-state index in [-0.39, 0.29) is 0 Å². The van der Waals surface area contributed by atoms with Gasteiger partial charge in [-0.15, -0.1) is 10.2 Å². The van der Waals surface area contributed by atoms with Crippen molar-refractivity contribution in [1.29, 1.82) is 0 Å². The Morgan fingerprint density at radius 1 is 1.38 bits per heavy atom. The predicted octanol–water partition coefficient (Wildman–Crippen LogP) is 1.69. The number of nitrogens with one attached hydrogen (secondary N) is 1. The lowest BCUT2D eigenvalue weighted by Gasteiger charge is -2.25. The summed E-state index contributed by atoms with van der Waals surface area (Å²) in [5.41, 5.74) is 1.25. The van der Waals surface area contributed by atoms with Gasteiger partial charge in [-0.25, -0.2) is 0 Å². The number of aromatic nitrogens is 3. The normalized spacial score (nSPS) is 15.6. The van der Waals surface area contributed by atoms with Gasteiger partial charge in [0.15, 0.2) is 0 Å². The molecule has 0 amide bonds. The van der Waals surface area contributed by atoms with Crippen molar-refractivity contribution in [2.45, 2.75) is 53.0 Å². The summed E-state index contributed by atoms with van der Waals surface area (Å²) >= 11 is 0. The number of rotatable bonds is 5. The molecule has 1 N–H and O–H groups in total. The highest BCUT2D eigenvalue weighted by molar-refractivity contribution is 5.20. The zero-order chi connectivity index (χ0) is 14.8. The quantitative estimate of drug-likeness (QED) is 0.908. The highest BCUT2D eigenvalue weighted by Crippen LogP contribution is 2.19. The summed E-state index contributed by atoms with van der Waals surface area (Å²) in [6, 6.07) is 2.65. The largest absolute Gasteiger partial charge is 0.465 e. The minimum Gasteiger partial charge on any atom is -0.465 e. The van der Waals surface area contributed by atoms with E-state index in [2.05, 4.69) is 44.9 Å². The number of hydrogen-bond acceptors (Lipinski definition) is 5. The predicted molar refractivity (Wildman–Crippen MR) is 79.6 cm³/mol. The summed E-state index contributed by atoms with van der Waals surface area (Å²) in [5, 5.41) is 11.5. The number of nitrogens with zero attached hydrogens (tertiary/aromatic N) is 4. The molecule has 6 nitrogen and oxygen atoms in total. The molecule has 0 radical (unpaired) electrons. The molecule has 21 heavy (non-hydrogen) atoms. The molecular formula is C15H23N5O. The molecule has 0 aliphatic carbocycles.